The van der Waals surface area contributed by atoms with Gasteiger partial charge in [0, 0.05) is 19.2 Å². The summed E-state index contributed by atoms with van der Waals surface area (Å²) in [7, 11) is 1.34. The van der Waals surface area contributed by atoms with E-state index < -0.39 is 5.92 Å². The Bertz CT molecular complexity index is 929. The first-order chi connectivity index (χ1) is 14.5. The van der Waals surface area contributed by atoms with Crippen molar-refractivity contribution in [3.63, 3.8) is 0 Å². The zero-order valence-corrected chi connectivity index (χ0v) is 17.7. The average molecular weight is 430 g/mol. The molecule has 0 fully saturated rings. The van der Waals surface area contributed by atoms with Gasteiger partial charge in [-0.25, -0.2) is 0 Å². The Morgan fingerprint density at radius 1 is 1.20 bits per heavy atom. The number of esters is 1. The monoisotopic (exact) mass is 429 g/mol. The summed E-state index contributed by atoms with van der Waals surface area (Å²) in [6.07, 6.45) is 3.14. The van der Waals surface area contributed by atoms with Gasteiger partial charge in [-0.1, -0.05) is 48.9 Å². The molecule has 0 saturated carbocycles. The number of methoxy groups -OCH3 is 1. The minimum absolute atomic E-state index is 0.222. The van der Waals surface area contributed by atoms with Gasteiger partial charge in [-0.2, -0.15) is 0 Å². The quantitative estimate of drug-likeness (QED) is 0.492. The van der Waals surface area contributed by atoms with Gasteiger partial charge in [-0.05, 0) is 29.3 Å². The number of fused-ring (bicyclic) bond motifs is 1. The number of amides is 1. The van der Waals surface area contributed by atoms with Crippen molar-refractivity contribution in [2.45, 2.75) is 13.5 Å². The molecule has 0 spiro atoms. The lowest BCUT2D eigenvalue weighted by molar-refractivity contribution is -0.146. The van der Waals surface area contributed by atoms with Crippen molar-refractivity contribution in [2.24, 2.45) is 5.92 Å². The molecule has 3 rings (SSSR count). The van der Waals surface area contributed by atoms with Crippen LogP contribution in [0.3, 0.4) is 0 Å². The maximum absolute atomic E-state index is 12.9. The van der Waals surface area contributed by atoms with Crippen LogP contribution in [0.1, 0.15) is 18.1 Å². The van der Waals surface area contributed by atoms with E-state index in [2.05, 4.69) is 0 Å². The standard InChI is InChI=1S/C23H24ClNO5/c1-16(23(27)28-2)14-25(15-17-6-4-3-5-7-17)21(26)9-8-18-12-19(24)22-20(13-18)29-10-11-30-22/h3-9,12-13,16H,10-11,14-15H2,1-2H3/b9-8+/t16-/m0/s1. The maximum atomic E-state index is 12.9. The van der Waals surface area contributed by atoms with Gasteiger partial charge >= 0.3 is 5.97 Å². The van der Waals surface area contributed by atoms with Gasteiger partial charge in [0.05, 0.1) is 18.1 Å². The summed E-state index contributed by atoms with van der Waals surface area (Å²) in [5.41, 5.74) is 1.69. The number of nitrogens with zero attached hydrogens (tertiary/aromatic N) is 1. The van der Waals surface area contributed by atoms with Crippen LogP contribution in [-0.4, -0.2) is 43.6 Å². The number of hydrogen-bond acceptors (Lipinski definition) is 5. The molecule has 0 aliphatic carbocycles. The zero-order chi connectivity index (χ0) is 21.5. The Kier molecular flexibility index (Phi) is 7.36. The van der Waals surface area contributed by atoms with Crippen LogP contribution >= 0.6 is 11.6 Å². The minimum Gasteiger partial charge on any atom is -0.486 e. The molecule has 0 radical (unpaired) electrons. The largest absolute Gasteiger partial charge is 0.486 e. The van der Waals surface area contributed by atoms with Crippen molar-refractivity contribution in [2.75, 3.05) is 26.9 Å². The third-order valence-electron chi connectivity index (χ3n) is 4.66. The second kappa shape index (κ2) is 10.2. The molecule has 0 N–H and O–H groups in total. The first kappa shape index (κ1) is 21.7. The first-order valence-corrected chi connectivity index (χ1v) is 10.0. The van der Waals surface area contributed by atoms with Crippen LogP contribution in [0.25, 0.3) is 6.08 Å². The van der Waals surface area contributed by atoms with Crippen LogP contribution in [-0.2, 0) is 20.9 Å². The van der Waals surface area contributed by atoms with Gasteiger partial charge in [-0.3, -0.25) is 9.59 Å². The van der Waals surface area contributed by atoms with Crippen molar-refractivity contribution >= 4 is 29.6 Å². The molecule has 1 heterocycles. The van der Waals surface area contributed by atoms with E-state index in [1.54, 1.807) is 30.0 Å². The van der Waals surface area contributed by atoms with Crippen molar-refractivity contribution in [3.8, 4) is 11.5 Å². The third-order valence-corrected chi connectivity index (χ3v) is 4.94. The van der Waals surface area contributed by atoms with Crippen molar-refractivity contribution in [3.05, 3.63) is 64.7 Å². The summed E-state index contributed by atoms with van der Waals surface area (Å²) in [6.45, 7) is 3.26. The Balaban J connectivity index is 1.78. The molecule has 2 aromatic carbocycles. The molecule has 1 aliphatic heterocycles. The molecule has 1 amide bonds. The highest BCUT2D eigenvalue weighted by Gasteiger charge is 2.21. The summed E-state index contributed by atoms with van der Waals surface area (Å²) in [5.74, 6) is 0.0502. The molecule has 1 atom stereocenters. The Morgan fingerprint density at radius 2 is 1.93 bits per heavy atom. The fourth-order valence-electron chi connectivity index (χ4n) is 3.14. The predicted octanol–water partition coefficient (Wildman–Crippen LogP) is 3.96. The summed E-state index contributed by atoms with van der Waals surface area (Å²) in [4.78, 5) is 26.4. The van der Waals surface area contributed by atoms with Gasteiger partial charge in [0.2, 0.25) is 5.91 Å². The van der Waals surface area contributed by atoms with Gasteiger partial charge in [0.15, 0.2) is 11.5 Å². The fourth-order valence-corrected chi connectivity index (χ4v) is 3.42. The maximum Gasteiger partial charge on any atom is 0.310 e. The fraction of sp³-hybridized carbons (Fsp3) is 0.304. The van der Waals surface area contributed by atoms with E-state index in [0.29, 0.717) is 36.3 Å². The summed E-state index contributed by atoms with van der Waals surface area (Å²) >= 11 is 6.27. The highest BCUT2D eigenvalue weighted by atomic mass is 35.5. The first-order valence-electron chi connectivity index (χ1n) is 9.66. The van der Waals surface area contributed by atoms with Crippen LogP contribution in [0.5, 0.6) is 11.5 Å². The van der Waals surface area contributed by atoms with Crippen LogP contribution < -0.4 is 9.47 Å². The van der Waals surface area contributed by atoms with Crippen LogP contribution in [0, 0.1) is 5.92 Å². The lowest BCUT2D eigenvalue weighted by atomic mass is 10.1. The zero-order valence-electron chi connectivity index (χ0n) is 17.0. The molecule has 7 heteroatoms. The molecular formula is C23H24ClNO5. The van der Waals surface area contributed by atoms with Crippen LogP contribution in [0.15, 0.2) is 48.5 Å². The third kappa shape index (κ3) is 5.54. The number of hydrogen-bond donors (Lipinski definition) is 0. The molecule has 30 heavy (non-hydrogen) atoms. The second-order valence-corrected chi connectivity index (χ2v) is 7.40. The molecule has 6 nitrogen and oxygen atoms in total. The number of halogens is 1. The number of carbonyl (C=O) groups is 2. The predicted molar refractivity (Wildman–Crippen MR) is 115 cm³/mol. The molecule has 0 aromatic heterocycles. The van der Waals surface area contributed by atoms with E-state index >= 15 is 0 Å². The molecule has 0 bridgehead atoms. The number of benzene rings is 2. The van der Waals surface area contributed by atoms with Crippen LogP contribution in [0.2, 0.25) is 5.02 Å². The summed E-state index contributed by atoms with van der Waals surface area (Å²) in [5, 5.41) is 0.430. The molecule has 1 aliphatic rings. The van der Waals surface area contributed by atoms with E-state index in [-0.39, 0.29) is 18.4 Å². The topological polar surface area (TPSA) is 65.1 Å². The highest BCUT2D eigenvalue weighted by molar-refractivity contribution is 6.32. The second-order valence-electron chi connectivity index (χ2n) is 6.99. The molecule has 158 valence electrons. The Morgan fingerprint density at radius 3 is 2.67 bits per heavy atom. The van der Waals surface area contributed by atoms with Crippen molar-refractivity contribution in [1.82, 2.24) is 4.90 Å². The van der Waals surface area contributed by atoms with E-state index in [1.807, 2.05) is 30.3 Å². The van der Waals surface area contributed by atoms with Gasteiger partial charge in [0.25, 0.3) is 0 Å². The van der Waals surface area contributed by atoms with Gasteiger partial charge < -0.3 is 19.1 Å². The lowest BCUT2D eigenvalue weighted by Crippen LogP contribution is -2.35. The summed E-state index contributed by atoms with van der Waals surface area (Å²) in [6, 6.07) is 13.1. The molecule has 0 saturated heterocycles. The van der Waals surface area contributed by atoms with E-state index in [0.717, 1.165) is 11.1 Å². The number of ether oxygens (including phenoxy) is 3. The average Bonchev–Trinajstić information content (AvgIpc) is 2.77. The number of rotatable bonds is 7. The smallest absolute Gasteiger partial charge is 0.310 e. The van der Waals surface area contributed by atoms with Gasteiger partial charge in [0.1, 0.15) is 13.2 Å². The van der Waals surface area contributed by atoms with Gasteiger partial charge in [-0.15, -0.1) is 0 Å². The minimum atomic E-state index is -0.445. The molecular weight excluding hydrogens is 406 g/mol. The molecule has 0 unspecified atom stereocenters. The number of carbonyl (C=O) groups excluding carboxylic acids is 2. The molecule has 2 aromatic rings. The van der Waals surface area contributed by atoms with E-state index in [9.17, 15) is 9.59 Å². The van der Waals surface area contributed by atoms with Crippen molar-refractivity contribution < 1.29 is 23.8 Å². The van der Waals surface area contributed by atoms with E-state index in [4.69, 9.17) is 25.8 Å². The van der Waals surface area contributed by atoms with Crippen molar-refractivity contribution in [1.29, 1.82) is 0 Å². The summed E-state index contributed by atoms with van der Waals surface area (Å²) < 4.78 is 15.9. The normalized spacial score (nSPS) is 13.7. The van der Waals surface area contributed by atoms with Crippen LogP contribution in [0.4, 0.5) is 0 Å². The Labute approximate surface area is 181 Å². The SMILES string of the molecule is COC(=O)[C@@H](C)CN(Cc1ccccc1)C(=O)/C=C/c1cc(Cl)c2c(c1)OCCO2. The van der Waals surface area contributed by atoms with E-state index in [1.165, 1.54) is 13.2 Å². The Hall–Kier alpha value is -2.99. The lowest BCUT2D eigenvalue weighted by Gasteiger charge is -2.24. The highest BCUT2D eigenvalue weighted by Crippen LogP contribution is 2.38.